The zero-order chi connectivity index (χ0) is 32.2. The number of hydrogen-bond donors (Lipinski definition) is 1. The second-order valence-corrected chi connectivity index (χ2v) is 9.95. The van der Waals surface area contributed by atoms with E-state index in [1.54, 1.807) is 18.9 Å². The summed E-state index contributed by atoms with van der Waals surface area (Å²) >= 11 is 2.90. The molecule has 0 spiro atoms. The summed E-state index contributed by atoms with van der Waals surface area (Å²) in [5.41, 5.74) is 5.72. The standard InChI is InChI=1S/C17H16N2O3.C14H12N2O.C3H5BrO2/c1-21-13-7-5-6-12(10-13)17-14-8-3-4-9-15(14)19(18-17)11-16(20)22-2;1-17-11-6-4-5-10(9-11)14-12-7-2-3-8-13(12)15-16-14;1-6-3(5)2-4/h3-10H,11H2,1-2H3;2-9H,1H3,(H,15,16);2H2,1H3. The molecule has 45 heavy (non-hydrogen) atoms. The van der Waals surface area contributed by atoms with E-state index in [0.29, 0.717) is 0 Å². The maximum absolute atomic E-state index is 11.6. The number of rotatable bonds is 7. The number of fused-ring (bicyclic) bond motifs is 2. The van der Waals surface area contributed by atoms with E-state index in [1.165, 1.54) is 14.2 Å². The van der Waals surface area contributed by atoms with E-state index in [1.807, 2.05) is 91.0 Å². The first-order valence-corrected chi connectivity index (χ1v) is 14.9. The highest BCUT2D eigenvalue weighted by Crippen LogP contribution is 2.30. The zero-order valence-corrected chi connectivity index (χ0v) is 26.9. The average molecular weight is 674 g/mol. The molecule has 0 atom stereocenters. The third-order valence-electron chi connectivity index (χ3n) is 6.66. The average Bonchev–Trinajstić information content (AvgIpc) is 3.70. The van der Waals surface area contributed by atoms with Gasteiger partial charge in [0.25, 0.3) is 0 Å². The molecule has 6 aromatic rings. The first-order valence-electron chi connectivity index (χ1n) is 13.8. The Morgan fingerprint density at radius 2 is 1.29 bits per heavy atom. The van der Waals surface area contributed by atoms with Crippen LogP contribution in [0.3, 0.4) is 0 Å². The van der Waals surface area contributed by atoms with Gasteiger partial charge >= 0.3 is 11.9 Å². The van der Waals surface area contributed by atoms with Crippen molar-refractivity contribution in [3.05, 3.63) is 97.1 Å². The summed E-state index contributed by atoms with van der Waals surface area (Å²) in [5, 5.41) is 14.4. The van der Waals surface area contributed by atoms with E-state index in [9.17, 15) is 9.59 Å². The van der Waals surface area contributed by atoms with Gasteiger partial charge in [0.05, 0.1) is 39.5 Å². The summed E-state index contributed by atoms with van der Waals surface area (Å²) in [6, 6.07) is 31.5. The van der Waals surface area contributed by atoms with Crippen molar-refractivity contribution in [2.24, 2.45) is 0 Å². The minimum absolute atomic E-state index is 0.0843. The third kappa shape index (κ3) is 8.27. The maximum atomic E-state index is 11.6. The summed E-state index contributed by atoms with van der Waals surface area (Å²) < 4.78 is 21.1. The normalized spacial score (nSPS) is 10.2. The first-order chi connectivity index (χ1) is 21.9. The van der Waals surface area contributed by atoms with E-state index in [2.05, 4.69) is 42.0 Å². The lowest BCUT2D eigenvalue weighted by Crippen LogP contribution is -2.12. The van der Waals surface area contributed by atoms with Gasteiger partial charge in [-0.25, -0.2) is 0 Å². The number of halogens is 1. The largest absolute Gasteiger partial charge is 0.497 e. The smallest absolute Gasteiger partial charge is 0.327 e. The molecule has 10 nitrogen and oxygen atoms in total. The fraction of sp³-hybridized carbons (Fsp3) is 0.176. The van der Waals surface area contributed by atoms with Crippen LogP contribution >= 0.6 is 15.9 Å². The highest BCUT2D eigenvalue weighted by molar-refractivity contribution is 9.09. The van der Waals surface area contributed by atoms with Gasteiger partial charge in [-0.2, -0.15) is 10.2 Å². The second-order valence-electron chi connectivity index (χ2n) is 9.39. The van der Waals surface area contributed by atoms with Gasteiger partial charge in [-0.3, -0.25) is 19.4 Å². The number of benzene rings is 4. The molecule has 2 aromatic heterocycles. The molecule has 0 unspecified atom stereocenters. The number of aromatic nitrogens is 4. The zero-order valence-electron chi connectivity index (χ0n) is 25.3. The summed E-state index contributed by atoms with van der Waals surface area (Å²) in [6.07, 6.45) is 0. The Morgan fingerprint density at radius 1 is 0.711 bits per heavy atom. The van der Waals surface area contributed by atoms with Crippen molar-refractivity contribution in [2.45, 2.75) is 6.54 Å². The number of carbonyl (C=O) groups excluding carboxylic acids is 2. The fourth-order valence-electron chi connectivity index (χ4n) is 4.43. The van der Waals surface area contributed by atoms with E-state index in [-0.39, 0.29) is 23.8 Å². The summed E-state index contributed by atoms with van der Waals surface area (Å²) in [6.45, 7) is 0.0843. The molecule has 11 heteroatoms. The molecule has 0 aliphatic carbocycles. The van der Waals surface area contributed by atoms with Gasteiger partial charge in [0, 0.05) is 21.9 Å². The van der Waals surface area contributed by atoms with Crippen LogP contribution in [-0.4, -0.2) is 65.7 Å². The van der Waals surface area contributed by atoms with Crippen molar-refractivity contribution < 1.29 is 28.5 Å². The lowest BCUT2D eigenvalue weighted by atomic mass is 10.1. The van der Waals surface area contributed by atoms with Crippen LogP contribution in [0.25, 0.3) is 44.3 Å². The molecule has 0 amide bonds. The number of esters is 2. The molecule has 0 bridgehead atoms. The molecule has 232 valence electrons. The molecule has 0 radical (unpaired) electrons. The molecule has 1 N–H and O–H groups in total. The number of alkyl halides is 1. The molecule has 4 aromatic carbocycles. The lowest BCUT2D eigenvalue weighted by Gasteiger charge is -2.02. The Balaban J connectivity index is 0.000000178. The van der Waals surface area contributed by atoms with Crippen LogP contribution in [0.5, 0.6) is 11.5 Å². The first kappa shape index (κ1) is 32.7. The molecule has 0 aliphatic heterocycles. The number of hydrogen-bond acceptors (Lipinski definition) is 8. The summed E-state index contributed by atoms with van der Waals surface area (Å²) in [4.78, 5) is 21.5. The summed E-state index contributed by atoms with van der Waals surface area (Å²) in [7, 11) is 6.02. The van der Waals surface area contributed by atoms with E-state index in [4.69, 9.17) is 14.2 Å². The number of carbonyl (C=O) groups is 2. The van der Waals surface area contributed by atoms with Crippen molar-refractivity contribution in [1.29, 1.82) is 0 Å². The van der Waals surface area contributed by atoms with Gasteiger partial charge in [-0.1, -0.05) is 76.6 Å². The Labute approximate surface area is 269 Å². The van der Waals surface area contributed by atoms with E-state index < -0.39 is 0 Å². The Bertz CT molecular complexity index is 1880. The molecule has 0 aliphatic rings. The van der Waals surface area contributed by atoms with Crippen molar-refractivity contribution in [3.63, 3.8) is 0 Å². The number of H-pyrrole nitrogens is 1. The highest BCUT2D eigenvalue weighted by Gasteiger charge is 2.14. The predicted octanol–water partition coefficient (Wildman–Crippen LogP) is 6.68. The van der Waals surface area contributed by atoms with Crippen LogP contribution in [0.15, 0.2) is 97.1 Å². The maximum Gasteiger partial charge on any atom is 0.327 e. The molecule has 0 saturated carbocycles. The van der Waals surface area contributed by atoms with Gasteiger partial charge in [0.2, 0.25) is 0 Å². The van der Waals surface area contributed by atoms with Crippen LogP contribution in [-0.2, 0) is 25.6 Å². The van der Waals surface area contributed by atoms with Gasteiger partial charge in [-0.15, -0.1) is 0 Å². The Hall–Kier alpha value is -5.16. The molecule has 6 rings (SSSR count). The van der Waals surface area contributed by atoms with Crippen LogP contribution in [0.4, 0.5) is 0 Å². The van der Waals surface area contributed by atoms with Gasteiger partial charge < -0.3 is 18.9 Å². The number of methoxy groups -OCH3 is 4. The number of para-hydroxylation sites is 2. The number of aromatic amines is 1. The number of nitrogens with one attached hydrogen (secondary N) is 1. The SMILES string of the molecule is COC(=O)CBr.COC(=O)Cn1nc(-c2cccc(OC)c2)c2ccccc21.COc1cccc(-c2n[nH]c3ccccc23)c1. The minimum Gasteiger partial charge on any atom is -0.497 e. The molecular formula is C34H33BrN4O6. The van der Waals surface area contributed by atoms with E-state index >= 15 is 0 Å². The lowest BCUT2D eigenvalue weighted by molar-refractivity contribution is -0.141. The molecule has 2 heterocycles. The fourth-order valence-corrected chi connectivity index (χ4v) is 4.66. The van der Waals surface area contributed by atoms with Crippen molar-refractivity contribution >= 4 is 49.7 Å². The molecule has 0 saturated heterocycles. The van der Waals surface area contributed by atoms with Crippen LogP contribution in [0, 0.1) is 0 Å². The van der Waals surface area contributed by atoms with Crippen molar-refractivity contribution in [3.8, 4) is 34.0 Å². The monoisotopic (exact) mass is 672 g/mol. The topological polar surface area (TPSA) is 118 Å². The van der Waals surface area contributed by atoms with E-state index in [0.717, 1.165) is 55.8 Å². The quantitative estimate of drug-likeness (QED) is 0.147. The Kier molecular flexibility index (Phi) is 11.7. The summed E-state index contributed by atoms with van der Waals surface area (Å²) in [5.74, 6) is 1.04. The highest BCUT2D eigenvalue weighted by atomic mass is 79.9. The van der Waals surface area contributed by atoms with Crippen LogP contribution < -0.4 is 9.47 Å². The Morgan fingerprint density at radius 3 is 1.87 bits per heavy atom. The second kappa shape index (κ2) is 16.1. The van der Waals surface area contributed by atoms with Crippen molar-refractivity contribution in [1.82, 2.24) is 20.0 Å². The third-order valence-corrected chi connectivity index (χ3v) is 7.12. The molecule has 0 fully saturated rings. The van der Waals surface area contributed by atoms with Crippen LogP contribution in [0.1, 0.15) is 0 Å². The van der Waals surface area contributed by atoms with Gasteiger partial charge in [0.1, 0.15) is 34.8 Å². The minimum atomic E-state index is -0.328. The number of nitrogens with zero attached hydrogens (tertiary/aromatic N) is 3. The van der Waals surface area contributed by atoms with Crippen molar-refractivity contribution in [2.75, 3.05) is 33.8 Å². The number of ether oxygens (including phenoxy) is 4. The van der Waals surface area contributed by atoms with Gasteiger partial charge in [0.15, 0.2) is 0 Å². The predicted molar refractivity (Wildman–Crippen MR) is 178 cm³/mol. The molecular weight excluding hydrogens is 640 g/mol. The van der Waals surface area contributed by atoms with Crippen LogP contribution in [0.2, 0.25) is 0 Å². The van der Waals surface area contributed by atoms with Gasteiger partial charge in [-0.05, 0) is 36.4 Å².